The number of hydrogen-bond acceptors (Lipinski definition) is 4. The molecule has 0 aliphatic heterocycles. The highest BCUT2D eigenvalue weighted by molar-refractivity contribution is 6.16. The Bertz CT molecular complexity index is 2490. The van der Waals surface area contributed by atoms with Gasteiger partial charge in [-0.3, -0.25) is 9.98 Å². The number of benzene rings is 4. The van der Waals surface area contributed by atoms with Crippen molar-refractivity contribution < 1.29 is 0 Å². The van der Waals surface area contributed by atoms with Gasteiger partial charge < -0.3 is 11.5 Å². The Balaban J connectivity index is 1.48. The van der Waals surface area contributed by atoms with E-state index < -0.39 is 0 Å². The summed E-state index contributed by atoms with van der Waals surface area (Å²) in [5.41, 5.74) is 30.8. The molecular weight excluding hydrogens is 693 g/mol. The van der Waals surface area contributed by atoms with E-state index in [1.165, 1.54) is 27.5 Å². The van der Waals surface area contributed by atoms with Crippen molar-refractivity contribution in [2.75, 3.05) is 6.54 Å². The third-order valence-corrected chi connectivity index (χ3v) is 11.0. The Morgan fingerprint density at radius 1 is 0.965 bits per heavy atom. The molecule has 2 atom stereocenters. The summed E-state index contributed by atoms with van der Waals surface area (Å²) in [5.74, 6) is 0.132. The van der Waals surface area contributed by atoms with E-state index in [9.17, 15) is 0 Å². The fraction of sp³-hybridized carbons (Fsp3) is 0.189. The molecule has 4 heteroatoms. The van der Waals surface area contributed by atoms with Gasteiger partial charge in [-0.15, -0.1) is 5.73 Å². The molecule has 0 aromatic heterocycles. The topological polar surface area (TPSA) is 76.8 Å². The molecule has 286 valence electrons. The average Bonchev–Trinajstić information content (AvgIpc) is 3.73. The fourth-order valence-corrected chi connectivity index (χ4v) is 7.82. The van der Waals surface area contributed by atoms with E-state index >= 15 is 0 Å². The molecule has 4 nitrogen and oxygen atoms in total. The molecule has 0 saturated heterocycles. The molecule has 4 aromatic carbocycles. The van der Waals surface area contributed by atoms with Crippen LogP contribution in [0.15, 0.2) is 190 Å². The minimum absolute atomic E-state index is 0.00126. The predicted octanol–water partition coefficient (Wildman–Crippen LogP) is 12.5. The van der Waals surface area contributed by atoms with E-state index in [-0.39, 0.29) is 11.8 Å². The maximum absolute atomic E-state index is 6.65. The van der Waals surface area contributed by atoms with Crippen LogP contribution < -0.4 is 11.5 Å². The maximum atomic E-state index is 6.65. The molecular formula is C53H54N4. The summed E-state index contributed by atoms with van der Waals surface area (Å²) in [4.78, 5) is 9.91. The minimum atomic E-state index is 0.00126. The number of allylic oxidation sites excluding steroid dienone is 11. The number of hydrogen-bond donors (Lipinski definition) is 2. The second kappa shape index (κ2) is 18.9. The summed E-state index contributed by atoms with van der Waals surface area (Å²) in [7, 11) is 0. The molecule has 0 heterocycles. The van der Waals surface area contributed by atoms with Gasteiger partial charge >= 0.3 is 0 Å². The Hall–Kier alpha value is -6.48. The van der Waals surface area contributed by atoms with Crippen molar-refractivity contribution >= 4 is 41.1 Å². The Kier molecular flexibility index (Phi) is 13.3. The molecule has 0 bridgehead atoms. The Labute approximate surface area is 339 Å². The van der Waals surface area contributed by atoms with E-state index in [1.807, 2.05) is 61.6 Å². The van der Waals surface area contributed by atoms with Gasteiger partial charge in [-0.05, 0) is 133 Å². The van der Waals surface area contributed by atoms with E-state index in [0.29, 0.717) is 6.54 Å². The van der Waals surface area contributed by atoms with Crippen LogP contribution in [0.3, 0.4) is 0 Å². The van der Waals surface area contributed by atoms with Crippen molar-refractivity contribution in [2.24, 2.45) is 27.4 Å². The molecule has 2 aliphatic rings. The molecule has 0 saturated carbocycles. The molecule has 0 radical (unpaired) electrons. The summed E-state index contributed by atoms with van der Waals surface area (Å²) >= 11 is 0. The summed E-state index contributed by atoms with van der Waals surface area (Å²) in [5, 5.41) is 2.46. The maximum Gasteiger partial charge on any atom is 0.0748 e. The first-order valence-corrected chi connectivity index (χ1v) is 19.9. The van der Waals surface area contributed by atoms with Gasteiger partial charge in [0.05, 0.1) is 18.0 Å². The molecule has 6 rings (SSSR count). The van der Waals surface area contributed by atoms with Crippen LogP contribution in [0.4, 0.5) is 0 Å². The number of aliphatic imine (C=N–C) groups is 2. The van der Waals surface area contributed by atoms with Crippen LogP contribution in [0.1, 0.15) is 79.3 Å². The van der Waals surface area contributed by atoms with Gasteiger partial charge in [0.25, 0.3) is 0 Å². The zero-order valence-corrected chi connectivity index (χ0v) is 33.8. The van der Waals surface area contributed by atoms with Crippen molar-refractivity contribution in [2.45, 2.75) is 52.9 Å². The van der Waals surface area contributed by atoms with Crippen LogP contribution in [0.5, 0.6) is 0 Å². The smallest absolute Gasteiger partial charge is 0.0748 e. The molecule has 2 aliphatic carbocycles. The number of nitrogens with zero attached hydrogens (tertiary/aromatic N) is 2. The van der Waals surface area contributed by atoms with E-state index in [0.717, 1.165) is 81.0 Å². The van der Waals surface area contributed by atoms with Gasteiger partial charge in [0, 0.05) is 34.0 Å². The second-order valence-corrected chi connectivity index (χ2v) is 14.6. The lowest BCUT2D eigenvalue weighted by Crippen LogP contribution is -2.13. The standard InChI is InChI=1S/C53H54N4/c1-7-10-27-50(54)43-30-31-51(55)42(33-43)29-28-39(9-3)48(49-34-41-22-18-26-45(41)46-24-16-17-25-47(46)49)32-38(8-2)35-57-52(40-20-12-11-13-21-40)37(5)53(56-6)44-23-15-14-19-36(44)4/h7-8,10-17,19-29,32-34,39,48H,2,6,9,30-31,35,54-55H2,1,3-5H3/b10-7-,29-28-,38-32+,50-27-,53-37-,57-52?. The van der Waals surface area contributed by atoms with Gasteiger partial charge in [0.1, 0.15) is 0 Å². The fourth-order valence-electron chi connectivity index (χ4n) is 7.82. The Morgan fingerprint density at radius 2 is 1.70 bits per heavy atom. The van der Waals surface area contributed by atoms with Crippen molar-refractivity contribution in [3.8, 4) is 0 Å². The summed E-state index contributed by atoms with van der Waals surface area (Å²) < 4.78 is 0. The molecule has 57 heavy (non-hydrogen) atoms. The number of rotatable bonds is 15. The first kappa shape index (κ1) is 40.2. The zero-order valence-electron chi connectivity index (χ0n) is 33.8. The summed E-state index contributed by atoms with van der Waals surface area (Å²) in [6, 6.07) is 29.7. The van der Waals surface area contributed by atoms with Crippen molar-refractivity contribution in [3.63, 3.8) is 0 Å². The van der Waals surface area contributed by atoms with Crippen molar-refractivity contribution in [1.82, 2.24) is 0 Å². The number of nitrogens with two attached hydrogens (primary N) is 2. The van der Waals surface area contributed by atoms with Crippen LogP contribution in [0.2, 0.25) is 0 Å². The summed E-state index contributed by atoms with van der Waals surface area (Å²) in [6.07, 6.45) is 23.6. The average molecular weight is 747 g/mol. The SMILES string of the molecule is C=C/C(=C\C(c1cc2c(c3ccccc13)C=C=C2)C(/C=C\C1=C(N)CCC(/C(N)=C/C=C\C)=C1)CC)CN=C(/C(C)=C(\N=C)c1ccccc1C)c1ccccc1. The third-order valence-electron chi connectivity index (χ3n) is 11.0. The second-order valence-electron chi connectivity index (χ2n) is 14.6. The van der Waals surface area contributed by atoms with Crippen molar-refractivity contribution in [1.29, 1.82) is 0 Å². The van der Waals surface area contributed by atoms with Gasteiger partial charge in [-0.1, -0.05) is 129 Å². The number of fused-ring (bicyclic) bond motifs is 3. The third kappa shape index (κ3) is 9.15. The molecule has 4 aromatic rings. The lowest BCUT2D eigenvalue weighted by atomic mass is 9.79. The van der Waals surface area contributed by atoms with Crippen LogP contribution >= 0.6 is 0 Å². The molecule has 2 unspecified atom stereocenters. The normalized spacial score (nSPS) is 16.3. The number of aryl methyl sites for hydroxylation is 1. The lowest BCUT2D eigenvalue weighted by Gasteiger charge is -2.25. The first-order valence-electron chi connectivity index (χ1n) is 19.9. The molecule has 0 amide bonds. The van der Waals surface area contributed by atoms with E-state index in [4.69, 9.17) is 16.5 Å². The predicted molar refractivity (Wildman–Crippen MR) is 247 cm³/mol. The molecule has 0 fully saturated rings. The first-order chi connectivity index (χ1) is 27.8. The minimum Gasteiger partial charge on any atom is -0.402 e. The largest absolute Gasteiger partial charge is 0.402 e. The monoisotopic (exact) mass is 746 g/mol. The Morgan fingerprint density at radius 3 is 2.42 bits per heavy atom. The molecule has 0 spiro atoms. The van der Waals surface area contributed by atoms with Gasteiger partial charge in [-0.25, -0.2) is 0 Å². The van der Waals surface area contributed by atoms with Gasteiger partial charge in [-0.2, -0.15) is 0 Å². The molecule has 4 N–H and O–H groups in total. The van der Waals surface area contributed by atoms with E-state index in [1.54, 1.807) is 0 Å². The van der Waals surface area contributed by atoms with Crippen LogP contribution in [-0.2, 0) is 0 Å². The van der Waals surface area contributed by atoms with E-state index in [2.05, 4.69) is 136 Å². The van der Waals surface area contributed by atoms with Gasteiger partial charge in [0.2, 0.25) is 0 Å². The quantitative estimate of drug-likeness (QED) is 0.0636. The summed E-state index contributed by atoms with van der Waals surface area (Å²) in [6.45, 7) is 17.2. The van der Waals surface area contributed by atoms with Crippen LogP contribution in [0, 0.1) is 12.8 Å². The van der Waals surface area contributed by atoms with Crippen LogP contribution in [-0.4, -0.2) is 19.0 Å². The van der Waals surface area contributed by atoms with Crippen molar-refractivity contribution in [3.05, 3.63) is 213 Å². The van der Waals surface area contributed by atoms with Gasteiger partial charge in [0.15, 0.2) is 0 Å². The lowest BCUT2D eigenvalue weighted by molar-refractivity contribution is 0.564. The highest BCUT2D eigenvalue weighted by Crippen LogP contribution is 2.40. The highest BCUT2D eigenvalue weighted by atomic mass is 14.8. The van der Waals surface area contributed by atoms with Crippen LogP contribution in [0.25, 0.3) is 28.6 Å². The zero-order chi connectivity index (χ0) is 40.3. The highest BCUT2D eigenvalue weighted by Gasteiger charge is 2.24.